The van der Waals surface area contributed by atoms with Gasteiger partial charge in [-0.25, -0.2) is 4.79 Å². The zero-order valence-corrected chi connectivity index (χ0v) is 16.7. The summed E-state index contributed by atoms with van der Waals surface area (Å²) in [5.41, 5.74) is 1.84. The van der Waals surface area contributed by atoms with Gasteiger partial charge in [-0.3, -0.25) is 0 Å². The first-order valence-corrected chi connectivity index (χ1v) is 10.1. The van der Waals surface area contributed by atoms with E-state index in [0.717, 1.165) is 36.8 Å². The van der Waals surface area contributed by atoms with Crippen LogP contribution in [0.1, 0.15) is 52.0 Å². The number of hydrogen-bond donors (Lipinski definition) is 1. The molecule has 0 saturated heterocycles. The highest BCUT2D eigenvalue weighted by molar-refractivity contribution is 5.87. The van der Waals surface area contributed by atoms with Crippen molar-refractivity contribution in [1.82, 2.24) is 0 Å². The van der Waals surface area contributed by atoms with E-state index >= 15 is 0 Å². The molecule has 3 heteroatoms. The van der Waals surface area contributed by atoms with Crippen LogP contribution in [0.15, 0.2) is 48.6 Å². The molecule has 0 heterocycles. The van der Waals surface area contributed by atoms with Crippen molar-refractivity contribution in [2.24, 2.45) is 23.2 Å². The largest absolute Gasteiger partial charge is 0.458 e. The molecule has 1 aromatic rings. The number of carbonyl (C=O) groups is 1. The van der Waals surface area contributed by atoms with Gasteiger partial charge in [0, 0.05) is 17.4 Å². The van der Waals surface area contributed by atoms with Crippen molar-refractivity contribution in [2.45, 2.75) is 58.7 Å². The van der Waals surface area contributed by atoms with E-state index in [-0.39, 0.29) is 29.5 Å². The van der Waals surface area contributed by atoms with Crippen molar-refractivity contribution < 1.29 is 14.6 Å². The Labute approximate surface area is 163 Å². The molecule has 2 aliphatic rings. The second-order valence-corrected chi connectivity index (χ2v) is 8.79. The summed E-state index contributed by atoms with van der Waals surface area (Å²) in [7, 11) is 0. The lowest BCUT2D eigenvalue weighted by Crippen LogP contribution is -2.55. The van der Waals surface area contributed by atoms with Gasteiger partial charge in [-0.15, -0.1) is 0 Å². The molecule has 0 aliphatic heterocycles. The molecular formula is C24H32O3. The van der Waals surface area contributed by atoms with Crippen molar-refractivity contribution in [3.8, 4) is 0 Å². The summed E-state index contributed by atoms with van der Waals surface area (Å²) in [6, 6.07) is 9.75. The summed E-state index contributed by atoms with van der Waals surface area (Å²) in [5, 5.41) is 10.7. The van der Waals surface area contributed by atoms with Gasteiger partial charge in [-0.05, 0) is 49.2 Å². The maximum Gasteiger partial charge on any atom is 0.331 e. The zero-order valence-electron chi connectivity index (χ0n) is 16.7. The van der Waals surface area contributed by atoms with Gasteiger partial charge >= 0.3 is 5.97 Å². The number of ether oxygens (including phenoxy) is 1. The number of benzene rings is 1. The van der Waals surface area contributed by atoms with Crippen LogP contribution in [-0.4, -0.2) is 23.3 Å². The number of esters is 1. The minimum atomic E-state index is -0.359. The monoisotopic (exact) mass is 368 g/mol. The van der Waals surface area contributed by atoms with E-state index in [4.69, 9.17) is 4.74 Å². The summed E-state index contributed by atoms with van der Waals surface area (Å²) >= 11 is 0. The number of aliphatic hydroxyl groups excluding tert-OH is 1. The number of hydrogen-bond acceptors (Lipinski definition) is 3. The number of carbonyl (C=O) groups excluding carboxylic acids is 1. The van der Waals surface area contributed by atoms with Crippen LogP contribution in [-0.2, 0) is 9.53 Å². The van der Waals surface area contributed by atoms with Crippen LogP contribution in [0.4, 0.5) is 0 Å². The standard InChI is InChI=1S/C24H32O3/c1-16(2)19-14-15-24(4)20(25)12-10-17(3)22(24)23(19)27-21(26)13-11-18-8-6-5-7-9-18/h5-9,11,13,16,19-20,22-23,25H,3,10,12,14-15H2,1-2,4H3/b13-11+/t19-,20-,22-,23+,24+/m0/s1. The molecule has 0 unspecified atom stereocenters. The molecule has 1 N–H and O–H groups in total. The summed E-state index contributed by atoms with van der Waals surface area (Å²) in [6.07, 6.45) is 6.21. The molecule has 3 nitrogen and oxygen atoms in total. The fraction of sp³-hybridized carbons (Fsp3) is 0.542. The van der Waals surface area contributed by atoms with Crippen LogP contribution >= 0.6 is 0 Å². The third-order valence-corrected chi connectivity index (χ3v) is 6.74. The summed E-state index contributed by atoms with van der Waals surface area (Å²) < 4.78 is 6.04. The SMILES string of the molecule is C=C1CC[C@H](O)[C@@]2(C)CC[C@@H](C(C)C)[C@@H](OC(=O)/C=C/c3ccccc3)[C@H]12. The molecule has 27 heavy (non-hydrogen) atoms. The lowest BCUT2D eigenvalue weighted by molar-refractivity contribution is -0.169. The molecule has 2 fully saturated rings. The molecule has 146 valence electrons. The van der Waals surface area contributed by atoms with Crippen molar-refractivity contribution >= 4 is 12.0 Å². The number of rotatable bonds is 4. The lowest BCUT2D eigenvalue weighted by atomic mass is 9.53. The van der Waals surface area contributed by atoms with E-state index in [9.17, 15) is 9.90 Å². The maximum absolute atomic E-state index is 12.6. The highest BCUT2D eigenvalue weighted by atomic mass is 16.5. The normalized spacial score (nSPS) is 33.9. The first kappa shape index (κ1) is 19.9. The first-order valence-electron chi connectivity index (χ1n) is 10.1. The molecule has 0 radical (unpaired) electrons. The molecule has 2 saturated carbocycles. The Hall–Kier alpha value is -1.87. The van der Waals surface area contributed by atoms with Crippen LogP contribution in [0.3, 0.4) is 0 Å². The van der Waals surface area contributed by atoms with Gasteiger partial charge in [0.25, 0.3) is 0 Å². The molecule has 0 aromatic heterocycles. The van der Waals surface area contributed by atoms with E-state index in [0.29, 0.717) is 11.8 Å². The molecule has 0 spiro atoms. The van der Waals surface area contributed by atoms with Gasteiger partial charge in [-0.1, -0.05) is 63.3 Å². The van der Waals surface area contributed by atoms with E-state index in [1.165, 1.54) is 6.08 Å². The maximum atomic E-state index is 12.6. The molecule has 0 amide bonds. The van der Waals surface area contributed by atoms with Gasteiger partial charge in [0.2, 0.25) is 0 Å². The lowest BCUT2D eigenvalue weighted by Gasteiger charge is -2.55. The molecule has 1 aromatic carbocycles. The van der Waals surface area contributed by atoms with Gasteiger partial charge < -0.3 is 9.84 Å². The number of aliphatic hydroxyl groups is 1. The Bertz CT molecular complexity index is 706. The predicted octanol–water partition coefficient (Wildman–Crippen LogP) is 5.01. The quantitative estimate of drug-likeness (QED) is 0.461. The van der Waals surface area contributed by atoms with E-state index in [2.05, 4.69) is 27.4 Å². The van der Waals surface area contributed by atoms with Gasteiger partial charge in [0.1, 0.15) is 6.10 Å². The fourth-order valence-corrected chi connectivity index (χ4v) is 5.07. The minimum Gasteiger partial charge on any atom is -0.458 e. The van der Waals surface area contributed by atoms with Crippen LogP contribution in [0.2, 0.25) is 0 Å². The third kappa shape index (κ3) is 4.03. The molecule has 2 aliphatic carbocycles. The number of fused-ring (bicyclic) bond motifs is 1. The highest BCUT2D eigenvalue weighted by Crippen LogP contribution is 2.55. The minimum absolute atomic E-state index is 0.0245. The van der Waals surface area contributed by atoms with Crippen molar-refractivity contribution in [3.05, 3.63) is 54.1 Å². The summed E-state index contributed by atoms with van der Waals surface area (Å²) in [4.78, 5) is 12.6. The van der Waals surface area contributed by atoms with Crippen molar-refractivity contribution in [1.29, 1.82) is 0 Å². The average Bonchev–Trinajstić information content (AvgIpc) is 2.64. The second-order valence-electron chi connectivity index (χ2n) is 8.79. The third-order valence-electron chi connectivity index (χ3n) is 6.74. The van der Waals surface area contributed by atoms with E-state index in [1.807, 2.05) is 30.3 Å². The van der Waals surface area contributed by atoms with Crippen molar-refractivity contribution in [3.63, 3.8) is 0 Å². The molecular weight excluding hydrogens is 336 g/mol. The Kier molecular flexibility index (Phi) is 5.90. The summed E-state index contributed by atoms with van der Waals surface area (Å²) in [6.45, 7) is 10.8. The van der Waals surface area contributed by atoms with Gasteiger partial charge in [-0.2, -0.15) is 0 Å². The van der Waals surface area contributed by atoms with E-state index in [1.54, 1.807) is 6.08 Å². The Morgan fingerprint density at radius 2 is 2.00 bits per heavy atom. The molecule has 5 atom stereocenters. The van der Waals surface area contributed by atoms with Crippen molar-refractivity contribution in [2.75, 3.05) is 0 Å². The van der Waals surface area contributed by atoms with Crippen LogP contribution < -0.4 is 0 Å². The molecule has 0 bridgehead atoms. The Morgan fingerprint density at radius 3 is 2.67 bits per heavy atom. The average molecular weight is 369 g/mol. The summed E-state index contributed by atoms with van der Waals surface area (Å²) in [5.74, 6) is 0.416. The zero-order chi connectivity index (χ0) is 19.6. The van der Waals surface area contributed by atoms with Gasteiger partial charge in [0.15, 0.2) is 0 Å². The fourth-order valence-electron chi connectivity index (χ4n) is 5.07. The van der Waals surface area contributed by atoms with Crippen LogP contribution in [0, 0.1) is 23.2 Å². The second kappa shape index (κ2) is 8.02. The topological polar surface area (TPSA) is 46.5 Å². The van der Waals surface area contributed by atoms with E-state index < -0.39 is 0 Å². The van der Waals surface area contributed by atoms with Crippen LogP contribution in [0.25, 0.3) is 6.08 Å². The Balaban J connectivity index is 1.83. The first-order chi connectivity index (χ1) is 12.8. The predicted molar refractivity (Wildman–Crippen MR) is 109 cm³/mol. The highest BCUT2D eigenvalue weighted by Gasteiger charge is 2.54. The Morgan fingerprint density at radius 1 is 1.30 bits per heavy atom. The smallest absolute Gasteiger partial charge is 0.331 e. The molecule has 3 rings (SSSR count). The van der Waals surface area contributed by atoms with Gasteiger partial charge in [0.05, 0.1) is 6.10 Å². The van der Waals surface area contributed by atoms with Crippen LogP contribution in [0.5, 0.6) is 0 Å².